The van der Waals surface area contributed by atoms with Crippen molar-refractivity contribution in [2.24, 2.45) is 5.73 Å². The molecule has 1 heterocycles. The van der Waals surface area contributed by atoms with Gasteiger partial charge in [-0.1, -0.05) is 32.0 Å². The molecule has 21 heavy (non-hydrogen) atoms. The Morgan fingerprint density at radius 1 is 1.29 bits per heavy atom. The molecule has 0 saturated carbocycles. The van der Waals surface area contributed by atoms with Crippen LogP contribution in [-0.4, -0.2) is 17.0 Å². The molecule has 0 saturated heterocycles. The number of benzene rings is 1. The van der Waals surface area contributed by atoms with Gasteiger partial charge in [0, 0.05) is 31.6 Å². The van der Waals surface area contributed by atoms with Crippen LogP contribution < -0.4 is 10.6 Å². The Labute approximate surface area is 124 Å². The van der Waals surface area contributed by atoms with Gasteiger partial charge in [0.05, 0.1) is 17.6 Å². The first-order valence-corrected chi connectivity index (χ1v) is 7.03. The zero-order chi connectivity index (χ0) is 15.4. The topological polar surface area (TPSA) is 55.0 Å². The van der Waals surface area contributed by atoms with Gasteiger partial charge in [-0.3, -0.25) is 0 Å². The Bertz CT molecular complexity index is 613. The molecule has 0 atom stereocenters. The van der Waals surface area contributed by atoms with Crippen LogP contribution in [0.15, 0.2) is 30.5 Å². The lowest BCUT2D eigenvalue weighted by molar-refractivity contribution is 0.607. The van der Waals surface area contributed by atoms with E-state index in [9.17, 15) is 4.39 Å². The average molecular weight is 288 g/mol. The van der Waals surface area contributed by atoms with Crippen LogP contribution in [0.3, 0.4) is 0 Å². The van der Waals surface area contributed by atoms with Crippen molar-refractivity contribution in [2.75, 3.05) is 11.9 Å². The Morgan fingerprint density at radius 3 is 2.62 bits per heavy atom. The lowest BCUT2D eigenvalue weighted by Gasteiger charge is -2.22. The lowest BCUT2D eigenvalue weighted by Crippen LogP contribution is -2.21. The van der Waals surface area contributed by atoms with E-state index < -0.39 is 0 Å². The van der Waals surface area contributed by atoms with Gasteiger partial charge in [-0.05, 0) is 6.07 Å². The van der Waals surface area contributed by atoms with Crippen LogP contribution in [0.2, 0.25) is 0 Å². The van der Waals surface area contributed by atoms with E-state index in [2.05, 4.69) is 9.97 Å². The maximum absolute atomic E-state index is 13.7. The third kappa shape index (κ3) is 3.55. The normalized spacial score (nSPS) is 11.0. The lowest BCUT2D eigenvalue weighted by atomic mass is 10.1. The first kappa shape index (κ1) is 15.4. The molecule has 2 N–H and O–H groups in total. The van der Waals surface area contributed by atoms with Crippen LogP contribution >= 0.6 is 0 Å². The minimum absolute atomic E-state index is 0.210. The number of nitrogens with two attached hydrogens (primary N) is 1. The maximum atomic E-state index is 13.7. The maximum Gasteiger partial charge on any atom is 0.131 e. The van der Waals surface area contributed by atoms with Crippen LogP contribution in [-0.2, 0) is 13.1 Å². The second-order valence-corrected chi connectivity index (χ2v) is 5.37. The molecule has 0 aliphatic heterocycles. The SMILES string of the molecule is CC(C)c1ncc(N(C)Cc2ccccc2F)c(CN)n1. The van der Waals surface area contributed by atoms with Gasteiger partial charge >= 0.3 is 0 Å². The molecule has 0 amide bonds. The number of anilines is 1. The number of rotatable bonds is 5. The van der Waals surface area contributed by atoms with Gasteiger partial charge in [0.15, 0.2) is 0 Å². The van der Waals surface area contributed by atoms with Crippen molar-refractivity contribution in [1.82, 2.24) is 9.97 Å². The highest BCUT2D eigenvalue weighted by Gasteiger charge is 2.13. The van der Waals surface area contributed by atoms with Crippen molar-refractivity contribution in [2.45, 2.75) is 32.9 Å². The number of hydrogen-bond acceptors (Lipinski definition) is 4. The molecule has 0 unspecified atom stereocenters. The molecule has 0 bridgehead atoms. The molecule has 2 rings (SSSR count). The quantitative estimate of drug-likeness (QED) is 0.919. The monoisotopic (exact) mass is 288 g/mol. The average Bonchev–Trinajstić information content (AvgIpc) is 2.48. The summed E-state index contributed by atoms with van der Waals surface area (Å²) < 4.78 is 13.7. The summed E-state index contributed by atoms with van der Waals surface area (Å²) in [4.78, 5) is 10.8. The number of halogens is 1. The van der Waals surface area contributed by atoms with E-state index >= 15 is 0 Å². The summed E-state index contributed by atoms with van der Waals surface area (Å²) in [7, 11) is 1.89. The van der Waals surface area contributed by atoms with E-state index in [-0.39, 0.29) is 11.7 Å². The Morgan fingerprint density at radius 2 is 2.00 bits per heavy atom. The van der Waals surface area contributed by atoms with Gasteiger partial charge in [-0.2, -0.15) is 0 Å². The summed E-state index contributed by atoms with van der Waals surface area (Å²) in [6, 6.07) is 6.75. The van der Waals surface area contributed by atoms with Gasteiger partial charge < -0.3 is 10.6 Å². The molecule has 0 aliphatic rings. The molecular formula is C16H21FN4. The minimum atomic E-state index is -0.210. The van der Waals surface area contributed by atoms with Gasteiger partial charge in [0.2, 0.25) is 0 Å². The molecule has 0 spiro atoms. The van der Waals surface area contributed by atoms with Gasteiger partial charge in [0.1, 0.15) is 11.6 Å². The highest BCUT2D eigenvalue weighted by Crippen LogP contribution is 2.21. The van der Waals surface area contributed by atoms with Gasteiger partial charge in [-0.15, -0.1) is 0 Å². The summed E-state index contributed by atoms with van der Waals surface area (Å²) >= 11 is 0. The van der Waals surface area contributed by atoms with Crippen molar-refractivity contribution in [1.29, 1.82) is 0 Å². The van der Waals surface area contributed by atoms with Crippen molar-refractivity contribution in [3.63, 3.8) is 0 Å². The van der Waals surface area contributed by atoms with Crippen LogP contribution in [0.5, 0.6) is 0 Å². The molecule has 4 nitrogen and oxygen atoms in total. The van der Waals surface area contributed by atoms with Crippen LogP contribution in [0.4, 0.5) is 10.1 Å². The van der Waals surface area contributed by atoms with Gasteiger partial charge in [0.25, 0.3) is 0 Å². The standard InChI is InChI=1S/C16H21FN4/c1-11(2)16-19-9-15(14(8-18)20-16)21(3)10-12-6-4-5-7-13(12)17/h4-7,9,11H,8,10,18H2,1-3H3. The molecule has 5 heteroatoms. The van der Waals surface area contributed by atoms with E-state index in [1.807, 2.05) is 31.9 Å². The van der Waals surface area contributed by atoms with Crippen LogP contribution in [0, 0.1) is 5.82 Å². The number of hydrogen-bond donors (Lipinski definition) is 1. The largest absolute Gasteiger partial charge is 0.367 e. The van der Waals surface area contributed by atoms with Crippen molar-refractivity contribution in [3.8, 4) is 0 Å². The smallest absolute Gasteiger partial charge is 0.131 e. The van der Waals surface area contributed by atoms with Crippen molar-refractivity contribution >= 4 is 5.69 Å². The highest BCUT2D eigenvalue weighted by molar-refractivity contribution is 5.49. The van der Waals surface area contributed by atoms with E-state index in [4.69, 9.17) is 5.73 Å². The second-order valence-electron chi connectivity index (χ2n) is 5.37. The first-order valence-electron chi connectivity index (χ1n) is 7.03. The first-order chi connectivity index (χ1) is 10.0. The zero-order valence-corrected chi connectivity index (χ0v) is 12.7. The van der Waals surface area contributed by atoms with Gasteiger partial charge in [-0.25, -0.2) is 14.4 Å². The van der Waals surface area contributed by atoms with E-state index in [0.29, 0.717) is 18.7 Å². The Hall–Kier alpha value is -2.01. The summed E-state index contributed by atoms with van der Waals surface area (Å²) in [6.07, 6.45) is 1.77. The van der Waals surface area contributed by atoms with Crippen molar-refractivity contribution in [3.05, 3.63) is 53.4 Å². The van der Waals surface area contributed by atoms with E-state index in [1.165, 1.54) is 6.07 Å². The molecule has 0 aliphatic carbocycles. The molecule has 0 fully saturated rings. The molecule has 112 valence electrons. The Balaban J connectivity index is 2.26. The summed E-state index contributed by atoms with van der Waals surface area (Å²) in [5.41, 5.74) is 8.05. The molecule has 2 aromatic rings. The molecular weight excluding hydrogens is 267 g/mol. The number of aromatic nitrogens is 2. The third-order valence-electron chi connectivity index (χ3n) is 3.35. The fourth-order valence-electron chi connectivity index (χ4n) is 2.14. The van der Waals surface area contributed by atoms with Crippen LogP contribution in [0.1, 0.15) is 36.8 Å². The number of nitrogens with zero attached hydrogens (tertiary/aromatic N) is 3. The van der Waals surface area contributed by atoms with Crippen LogP contribution in [0.25, 0.3) is 0 Å². The Kier molecular flexibility index (Phi) is 4.85. The molecule has 1 aromatic carbocycles. The third-order valence-corrected chi connectivity index (χ3v) is 3.35. The predicted octanol–water partition coefficient (Wildman–Crippen LogP) is 2.83. The molecule has 0 radical (unpaired) electrons. The fraction of sp³-hybridized carbons (Fsp3) is 0.375. The fourth-order valence-corrected chi connectivity index (χ4v) is 2.14. The second kappa shape index (κ2) is 6.63. The molecule has 1 aromatic heterocycles. The summed E-state index contributed by atoms with van der Waals surface area (Å²) in [5, 5.41) is 0. The zero-order valence-electron chi connectivity index (χ0n) is 12.7. The summed E-state index contributed by atoms with van der Waals surface area (Å²) in [6.45, 7) is 4.86. The van der Waals surface area contributed by atoms with E-state index in [1.54, 1.807) is 18.3 Å². The predicted molar refractivity (Wildman–Crippen MR) is 82.5 cm³/mol. The highest BCUT2D eigenvalue weighted by atomic mass is 19.1. The summed E-state index contributed by atoms with van der Waals surface area (Å²) in [5.74, 6) is 0.818. The van der Waals surface area contributed by atoms with E-state index in [0.717, 1.165) is 17.2 Å². The minimum Gasteiger partial charge on any atom is -0.367 e. The van der Waals surface area contributed by atoms with Crippen molar-refractivity contribution < 1.29 is 4.39 Å².